The van der Waals surface area contributed by atoms with E-state index in [1.807, 2.05) is 35.2 Å². The van der Waals surface area contributed by atoms with Crippen LogP contribution in [-0.4, -0.2) is 57.2 Å². The molecule has 1 fully saturated rings. The number of carbonyl (C=O) groups excluding carboxylic acids is 2. The van der Waals surface area contributed by atoms with E-state index in [-0.39, 0.29) is 17.9 Å². The molecule has 31 heavy (non-hydrogen) atoms. The number of ether oxygens (including phenoxy) is 3. The first-order valence-electron chi connectivity index (χ1n) is 10.5. The maximum absolute atomic E-state index is 12.6. The molecule has 0 bridgehead atoms. The fourth-order valence-electron chi connectivity index (χ4n) is 3.81. The average molecular weight is 427 g/mol. The van der Waals surface area contributed by atoms with E-state index >= 15 is 0 Å². The summed E-state index contributed by atoms with van der Waals surface area (Å²) in [6.45, 7) is 1.28. The molecule has 3 rings (SSSR count). The smallest absolute Gasteiger partial charge is 0.255 e. The summed E-state index contributed by atoms with van der Waals surface area (Å²) in [4.78, 5) is 27.1. The summed E-state index contributed by atoms with van der Waals surface area (Å²) in [7, 11) is 4.76. The maximum atomic E-state index is 12.6. The molecule has 1 aliphatic rings. The van der Waals surface area contributed by atoms with E-state index in [4.69, 9.17) is 14.2 Å². The zero-order valence-electron chi connectivity index (χ0n) is 18.3. The number of para-hydroxylation sites is 1. The van der Waals surface area contributed by atoms with Crippen LogP contribution in [-0.2, 0) is 11.2 Å². The summed E-state index contributed by atoms with van der Waals surface area (Å²) >= 11 is 0. The molecule has 2 aromatic carbocycles. The van der Waals surface area contributed by atoms with Crippen LogP contribution in [0.1, 0.15) is 35.2 Å². The Balaban J connectivity index is 1.47. The van der Waals surface area contributed by atoms with Gasteiger partial charge in [0, 0.05) is 25.6 Å². The maximum Gasteiger partial charge on any atom is 0.255 e. The predicted molar refractivity (Wildman–Crippen MR) is 118 cm³/mol. The Bertz CT molecular complexity index is 907. The van der Waals surface area contributed by atoms with Gasteiger partial charge < -0.3 is 24.4 Å². The number of methoxy groups -OCH3 is 3. The van der Waals surface area contributed by atoms with Crippen molar-refractivity contribution < 1.29 is 23.8 Å². The van der Waals surface area contributed by atoms with E-state index in [1.165, 1.54) is 0 Å². The minimum atomic E-state index is -0.143. The minimum absolute atomic E-state index is 0.0484. The average Bonchev–Trinajstić information content (AvgIpc) is 2.82. The number of nitrogens with zero attached hydrogens (tertiary/aromatic N) is 1. The van der Waals surface area contributed by atoms with Gasteiger partial charge in [-0.25, -0.2) is 0 Å². The number of aryl methyl sites for hydroxylation is 1. The SMILES string of the molecule is COc1ccc(CCC(=O)N2CCC(NC(=O)c3ccccc3OC)CC2)cc1OC. The highest BCUT2D eigenvalue weighted by molar-refractivity contribution is 5.97. The lowest BCUT2D eigenvalue weighted by atomic mass is 10.0. The molecule has 0 spiro atoms. The molecule has 0 aliphatic carbocycles. The van der Waals surface area contributed by atoms with Gasteiger partial charge in [0.15, 0.2) is 11.5 Å². The van der Waals surface area contributed by atoms with Gasteiger partial charge in [0.05, 0.1) is 26.9 Å². The molecule has 0 aromatic heterocycles. The van der Waals surface area contributed by atoms with Gasteiger partial charge in [-0.15, -0.1) is 0 Å². The molecule has 1 saturated heterocycles. The largest absolute Gasteiger partial charge is 0.496 e. The van der Waals surface area contributed by atoms with Crippen LogP contribution in [0.2, 0.25) is 0 Å². The number of piperidine rings is 1. The van der Waals surface area contributed by atoms with E-state index in [0.29, 0.717) is 48.7 Å². The highest BCUT2D eigenvalue weighted by Gasteiger charge is 2.24. The number of carbonyl (C=O) groups is 2. The van der Waals surface area contributed by atoms with Crippen LogP contribution in [0.4, 0.5) is 0 Å². The summed E-state index contributed by atoms with van der Waals surface area (Å²) in [6.07, 6.45) is 2.56. The second-order valence-corrected chi connectivity index (χ2v) is 7.52. The number of likely N-dealkylation sites (tertiary alicyclic amines) is 1. The van der Waals surface area contributed by atoms with Crippen molar-refractivity contribution in [3.8, 4) is 17.2 Å². The fraction of sp³-hybridized carbons (Fsp3) is 0.417. The van der Waals surface area contributed by atoms with Crippen LogP contribution in [0.5, 0.6) is 17.2 Å². The number of amides is 2. The van der Waals surface area contributed by atoms with Crippen LogP contribution in [0.3, 0.4) is 0 Å². The van der Waals surface area contributed by atoms with E-state index in [1.54, 1.807) is 33.5 Å². The Morgan fingerprint density at radius 1 is 0.935 bits per heavy atom. The van der Waals surface area contributed by atoms with E-state index in [0.717, 1.165) is 18.4 Å². The zero-order chi connectivity index (χ0) is 22.2. The lowest BCUT2D eigenvalue weighted by molar-refractivity contribution is -0.132. The van der Waals surface area contributed by atoms with Gasteiger partial charge in [0.2, 0.25) is 5.91 Å². The predicted octanol–water partition coefficient (Wildman–Crippen LogP) is 3.07. The Kier molecular flexibility index (Phi) is 7.76. The molecule has 0 radical (unpaired) electrons. The number of nitrogens with one attached hydrogen (secondary N) is 1. The summed E-state index contributed by atoms with van der Waals surface area (Å²) < 4.78 is 15.8. The number of benzene rings is 2. The van der Waals surface area contributed by atoms with Crippen molar-refractivity contribution in [2.24, 2.45) is 0 Å². The van der Waals surface area contributed by atoms with Crippen molar-refractivity contribution >= 4 is 11.8 Å². The van der Waals surface area contributed by atoms with Gasteiger partial charge in [-0.1, -0.05) is 18.2 Å². The quantitative estimate of drug-likeness (QED) is 0.702. The lowest BCUT2D eigenvalue weighted by Crippen LogP contribution is -2.46. The molecule has 1 aliphatic heterocycles. The van der Waals surface area contributed by atoms with Gasteiger partial charge >= 0.3 is 0 Å². The molecular formula is C24H30N2O5. The van der Waals surface area contributed by atoms with Crippen molar-refractivity contribution in [3.63, 3.8) is 0 Å². The summed E-state index contributed by atoms with van der Waals surface area (Å²) in [5, 5.41) is 3.07. The minimum Gasteiger partial charge on any atom is -0.496 e. The van der Waals surface area contributed by atoms with Crippen molar-refractivity contribution in [2.75, 3.05) is 34.4 Å². The standard InChI is InChI=1S/C24H30N2O5/c1-29-20-7-5-4-6-19(20)24(28)25-18-12-14-26(15-13-18)23(27)11-9-17-8-10-21(30-2)22(16-17)31-3/h4-8,10,16,18H,9,11-15H2,1-3H3,(H,25,28). The third kappa shape index (κ3) is 5.69. The van der Waals surface area contributed by atoms with Crippen molar-refractivity contribution in [2.45, 2.75) is 31.7 Å². The second kappa shape index (κ2) is 10.7. The van der Waals surface area contributed by atoms with Crippen molar-refractivity contribution in [3.05, 3.63) is 53.6 Å². The summed E-state index contributed by atoms with van der Waals surface area (Å²) in [5.41, 5.74) is 1.56. The third-order valence-electron chi connectivity index (χ3n) is 5.61. The summed E-state index contributed by atoms with van der Waals surface area (Å²) in [6, 6.07) is 12.9. The van der Waals surface area contributed by atoms with Gasteiger partial charge in [-0.3, -0.25) is 9.59 Å². The van der Waals surface area contributed by atoms with Crippen molar-refractivity contribution in [1.29, 1.82) is 0 Å². The molecule has 0 unspecified atom stereocenters. The van der Waals surface area contributed by atoms with Gasteiger partial charge in [0.25, 0.3) is 5.91 Å². The molecule has 7 nitrogen and oxygen atoms in total. The van der Waals surface area contributed by atoms with E-state index in [2.05, 4.69) is 5.32 Å². The zero-order valence-corrected chi connectivity index (χ0v) is 18.3. The third-order valence-corrected chi connectivity index (χ3v) is 5.61. The summed E-state index contributed by atoms with van der Waals surface area (Å²) in [5.74, 6) is 1.89. The van der Waals surface area contributed by atoms with Crippen LogP contribution < -0.4 is 19.5 Å². The van der Waals surface area contributed by atoms with Crippen LogP contribution in [0.15, 0.2) is 42.5 Å². The highest BCUT2D eigenvalue weighted by atomic mass is 16.5. The fourth-order valence-corrected chi connectivity index (χ4v) is 3.81. The first kappa shape index (κ1) is 22.5. The highest BCUT2D eigenvalue weighted by Crippen LogP contribution is 2.28. The number of rotatable bonds is 8. The molecule has 1 heterocycles. The Morgan fingerprint density at radius 2 is 1.61 bits per heavy atom. The van der Waals surface area contributed by atoms with E-state index in [9.17, 15) is 9.59 Å². The first-order valence-corrected chi connectivity index (χ1v) is 10.5. The Morgan fingerprint density at radius 3 is 2.29 bits per heavy atom. The molecule has 1 N–H and O–H groups in total. The van der Waals surface area contributed by atoms with Gasteiger partial charge in [-0.2, -0.15) is 0 Å². The normalized spacial score (nSPS) is 14.1. The van der Waals surface area contributed by atoms with Gasteiger partial charge in [-0.05, 0) is 49.1 Å². The Hall–Kier alpha value is -3.22. The van der Waals surface area contributed by atoms with E-state index < -0.39 is 0 Å². The molecule has 2 aromatic rings. The molecule has 166 valence electrons. The molecule has 7 heteroatoms. The van der Waals surface area contributed by atoms with Gasteiger partial charge in [0.1, 0.15) is 5.75 Å². The first-order chi connectivity index (χ1) is 15.0. The molecule has 0 saturated carbocycles. The number of hydrogen-bond acceptors (Lipinski definition) is 5. The topological polar surface area (TPSA) is 77.1 Å². The Labute approximate surface area is 183 Å². The lowest BCUT2D eigenvalue weighted by Gasteiger charge is -2.32. The number of hydrogen-bond donors (Lipinski definition) is 1. The van der Waals surface area contributed by atoms with Crippen molar-refractivity contribution in [1.82, 2.24) is 10.2 Å². The second-order valence-electron chi connectivity index (χ2n) is 7.52. The molecular weight excluding hydrogens is 396 g/mol. The van der Waals surface area contributed by atoms with Crippen LogP contribution in [0.25, 0.3) is 0 Å². The molecule has 0 atom stereocenters. The molecule has 2 amide bonds. The monoisotopic (exact) mass is 426 g/mol. The van der Waals surface area contributed by atoms with Crippen LogP contribution >= 0.6 is 0 Å². The van der Waals surface area contributed by atoms with Crippen LogP contribution in [0, 0.1) is 0 Å².